The zero-order valence-electron chi connectivity index (χ0n) is 36.1. The molecule has 3 N–H and O–H groups in total. The van der Waals surface area contributed by atoms with E-state index in [2.05, 4.69) is 0 Å². The van der Waals surface area contributed by atoms with E-state index < -0.39 is 45.7 Å². The van der Waals surface area contributed by atoms with Crippen LogP contribution in [0, 0.1) is 0 Å². The maximum atomic E-state index is 12.5. The molecule has 68 heavy (non-hydrogen) atoms. The number of hydrogen-bond donors (Lipinski definition) is 3. The van der Waals surface area contributed by atoms with E-state index in [0.29, 0.717) is 0 Å². The average molecular weight is 931 g/mol. The minimum atomic E-state index is -1.38. The Hall–Kier alpha value is -8.68. The van der Waals surface area contributed by atoms with E-state index in [1.165, 1.54) is 51.1 Å². The molecule has 0 saturated carbocycles. The Morgan fingerprint density at radius 2 is 0.662 bits per heavy atom. The third kappa shape index (κ3) is 10.5. The number of ether oxygens (including phenoxy) is 4. The molecule has 4 aromatic carbocycles. The van der Waals surface area contributed by atoms with Gasteiger partial charge in [0, 0.05) is 45.0 Å². The quantitative estimate of drug-likeness (QED) is 0.0973. The third-order valence-corrected chi connectivity index (χ3v) is 9.84. The molecule has 0 aliphatic rings. The van der Waals surface area contributed by atoms with Gasteiger partial charge in [0.25, 0.3) is 0 Å². The summed E-state index contributed by atoms with van der Waals surface area (Å²) in [6.45, 7) is 2.90. The van der Waals surface area contributed by atoms with Gasteiger partial charge in [0.1, 0.15) is 106 Å². The SMILES string of the molecule is CC(=O)c1cc(=O)c2c(OCC(O)COc3cccc4oc(C(=O)O)cc(=O)c34)cccc2o1.CC(=O)c1cc(=O)c2c(OCC(O)COc3cccc4oc(C(C)=O)cc(=O)c34)cccc2o1. The summed E-state index contributed by atoms with van der Waals surface area (Å²) >= 11 is 0. The zero-order chi connectivity index (χ0) is 48.8. The minimum absolute atomic E-state index is 0.0283. The Morgan fingerprint density at radius 3 is 0.897 bits per heavy atom. The lowest BCUT2D eigenvalue weighted by Gasteiger charge is -2.15. The molecule has 8 rings (SSSR count). The van der Waals surface area contributed by atoms with E-state index >= 15 is 0 Å². The van der Waals surface area contributed by atoms with Gasteiger partial charge in [-0.3, -0.25) is 33.6 Å². The number of carboxylic acid groups (broad SMARTS) is 1. The predicted octanol–water partition coefficient (Wildman–Crippen LogP) is 5.74. The number of fused-ring (bicyclic) bond motifs is 4. The molecule has 19 nitrogen and oxygen atoms in total. The van der Waals surface area contributed by atoms with Crippen LogP contribution in [-0.4, -0.2) is 77.3 Å². The van der Waals surface area contributed by atoms with Gasteiger partial charge >= 0.3 is 5.97 Å². The first kappa shape index (κ1) is 47.3. The highest BCUT2D eigenvalue weighted by molar-refractivity contribution is 5.96. The lowest BCUT2D eigenvalue weighted by atomic mass is 10.2. The maximum absolute atomic E-state index is 12.5. The fourth-order valence-corrected chi connectivity index (χ4v) is 6.66. The highest BCUT2D eigenvalue weighted by Gasteiger charge is 2.19. The molecule has 19 heteroatoms. The molecule has 0 fully saturated rings. The normalized spacial score (nSPS) is 11.6. The Bertz CT molecular complexity index is 3060. The third-order valence-electron chi connectivity index (χ3n) is 9.84. The van der Waals surface area contributed by atoms with Crippen LogP contribution in [0.5, 0.6) is 23.0 Å². The number of carboxylic acids is 1. The number of carbonyl (C=O) groups is 4. The number of aliphatic hydroxyl groups is 2. The smallest absolute Gasteiger partial charge is 0.371 e. The number of benzene rings is 4. The number of aliphatic hydroxyl groups excluding tert-OH is 2. The van der Waals surface area contributed by atoms with E-state index in [0.717, 1.165) is 24.3 Å². The van der Waals surface area contributed by atoms with Crippen LogP contribution in [0.25, 0.3) is 43.9 Å². The second kappa shape index (κ2) is 20.2. The van der Waals surface area contributed by atoms with Crippen LogP contribution in [0.15, 0.2) is 134 Å². The van der Waals surface area contributed by atoms with Gasteiger partial charge in [-0.2, -0.15) is 0 Å². The molecule has 0 radical (unpaired) electrons. The number of hydrogen-bond acceptors (Lipinski definition) is 18. The fraction of sp³-hybridized carbons (Fsp3) is 0.184. The number of Topliss-reactive ketones (excluding diaryl/α,β-unsaturated/α-hetero) is 3. The Morgan fingerprint density at radius 1 is 0.426 bits per heavy atom. The van der Waals surface area contributed by atoms with Crippen LogP contribution in [-0.2, 0) is 0 Å². The molecule has 0 amide bonds. The molecular formula is C49H38O19. The summed E-state index contributed by atoms with van der Waals surface area (Å²) in [5, 5.41) is 30.2. The Labute approximate surface area is 380 Å². The number of aromatic carboxylic acids is 1. The molecule has 0 aliphatic heterocycles. The van der Waals surface area contributed by atoms with Crippen LogP contribution in [0.3, 0.4) is 0 Å². The number of ketones is 3. The predicted molar refractivity (Wildman–Crippen MR) is 241 cm³/mol. The average Bonchev–Trinajstić information content (AvgIpc) is 3.30. The van der Waals surface area contributed by atoms with E-state index in [1.54, 1.807) is 42.5 Å². The fourth-order valence-electron chi connectivity index (χ4n) is 6.66. The summed E-state index contributed by atoms with van der Waals surface area (Å²) in [6, 6.07) is 22.5. The minimum Gasteiger partial charge on any atom is -0.490 e. The van der Waals surface area contributed by atoms with Crippen molar-refractivity contribution in [2.45, 2.75) is 33.0 Å². The molecule has 1 atom stereocenters. The topological polar surface area (TPSA) is 287 Å². The summed E-state index contributed by atoms with van der Waals surface area (Å²) in [6.07, 6.45) is -2.27. The van der Waals surface area contributed by atoms with Gasteiger partial charge in [-0.15, -0.1) is 0 Å². The van der Waals surface area contributed by atoms with Gasteiger partial charge in [0.15, 0.2) is 56.3 Å². The summed E-state index contributed by atoms with van der Waals surface area (Å²) < 4.78 is 43.9. The highest BCUT2D eigenvalue weighted by Crippen LogP contribution is 2.28. The van der Waals surface area contributed by atoms with Crippen LogP contribution in [0.2, 0.25) is 0 Å². The van der Waals surface area contributed by atoms with Gasteiger partial charge < -0.3 is 51.9 Å². The van der Waals surface area contributed by atoms with E-state index in [1.807, 2.05) is 0 Å². The summed E-state index contributed by atoms with van der Waals surface area (Å²) in [4.78, 5) is 95.4. The van der Waals surface area contributed by atoms with Gasteiger partial charge in [0.05, 0.1) is 0 Å². The van der Waals surface area contributed by atoms with Gasteiger partial charge in [-0.05, 0) is 48.5 Å². The van der Waals surface area contributed by atoms with Crippen LogP contribution in [0.4, 0.5) is 0 Å². The van der Waals surface area contributed by atoms with Crippen LogP contribution in [0.1, 0.15) is 63.0 Å². The standard InChI is InChI=1S/C25H20O9.C24H18O10/c1-13(26)22-9-16(29)24-18(5-3-7-20(24)33-22)31-11-15(28)12-32-19-6-4-8-21-25(19)17(30)10-23(34-21)14(2)27;1-12(25)20-8-14(27)22-16(4-2-6-18(22)33-20)31-10-13(26)11-32-17-5-3-7-19-23(17)15(28)9-21(34-19)24(29)30/h3-10,15,28H,11-12H2,1-2H3;2-9,13,26H,10-11H2,1H3,(H,29,30). The van der Waals surface area contributed by atoms with Crippen LogP contribution >= 0.6 is 0 Å². The van der Waals surface area contributed by atoms with E-state index in [9.17, 15) is 48.6 Å². The first-order valence-corrected chi connectivity index (χ1v) is 20.4. The first-order chi connectivity index (χ1) is 32.5. The van der Waals surface area contributed by atoms with Gasteiger partial charge in [-0.25, -0.2) is 4.79 Å². The Kier molecular flexibility index (Phi) is 14.1. The summed E-state index contributed by atoms with van der Waals surface area (Å²) in [7, 11) is 0. The van der Waals surface area contributed by atoms with E-state index in [4.69, 9.17) is 41.7 Å². The van der Waals surface area contributed by atoms with Gasteiger partial charge in [0.2, 0.25) is 5.76 Å². The Balaban J connectivity index is 0.000000201. The zero-order valence-corrected chi connectivity index (χ0v) is 36.1. The molecular weight excluding hydrogens is 893 g/mol. The van der Waals surface area contributed by atoms with Crippen molar-refractivity contribution in [1.29, 1.82) is 0 Å². The van der Waals surface area contributed by atoms with Crippen molar-refractivity contribution in [2.24, 2.45) is 0 Å². The van der Waals surface area contributed by atoms with Crippen molar-refractivity contribution in [3.8, 4) is 23.0 Å². The lowest BCUT2D eigenvalue weighted by molar-refractivity contribution is 0.0636. The first-order valence-electron chi connectivity index (χ1n) is 20.4. The second-order valence-corrected chi connectivity index (χ2v) is 14.9. The molecule has 0 saturated heterocycles. The number of rotatable bonds is 16. The summed E-state index contributed by atoms with van der Waals surface area (Å²) in [5.41, 5.74) is -1.38. The van der Waals surface area contributed by atoms with Crippen molar-refractivity contribution < 1.29 is 71.1 Å². The van der Waals surface area contributed by atoms with Gasteiger partial charge in [-0.1, -0.05) is 24.3 Å². The van der Waals surface area contributed by atoms with Crippen molar-refractivity contribution >= 4 is 67.2 Å². The molecule has 0 aliphatic carbocycles. The lowest BCUT2D eigenvalue weighted by Crippen LogP contribution is -2.25. The molecule has 4 heterocycles. The molecule has 348 valence electrons. The van der Waals surface area contributed by atoms with Crippen LogP contribution < -0.4 is 40.7 Å². The molecule has 1 unspecified atom stereocenters. The molecule has 0 bridgehead atoms. The number of carbonyl (C=O) groups excluding carboxylic acids is 3. The van der Waals surface area contributed by atoms with Crippen molar-refractivity contribution in [3.05, 3.63) is 161 Å². The highest BCUT2D eigenvalue weighted by atomic mass is 16.5. The monoisotopic (exact) mass is 930 g/mol. The van der Waals surface area contributed by atoms with Crippen molar-refractivity contribution in [2.75, 3.05) is 26.4 Å². The maximum Gasteiger partial charge on any atom is 0.371 e. The second-order valence-electron chi connectivity index (χ2n) is 14.9. The van der Waals surface area contributed by atoms with E-state index in [-0.39, 0.29) is 128 Å². The molecule has 4 aromatic heterocycles. The van der Waals surface area contributed by atoms with Crippen molar-refractivity contribution in [3.63, 3.8) is 0 Å². The molecule has 8 aromatic rings. The molecule has 0 spiro atoms. The van der Waals surface area contributed by atoms with Crippen molar-refractivity contribution in [1.82, 2.24) is 0 Å². The summed E-state index contributed by atoms with van der Waals surface area (Å²) in [5.74, 6) is -2.58. The largest absolute Gasteiger partial charge is 0.490 e.